The number of rotatable bonds is 10. The molecule has 1 saturated carbocycles. The van der Waals surface area contributed by atoms with Crippen LogP contribution in [0.25, 0.3) is 5.69 Å². The zero-order valence-corrected chi connectivity index (χ0v) is 24.0. The number of aryl methyl sites for hydroxylation is 1. The van der Waals surface area contributed by atoms with Gasteiger partial charge in [-0.25, -0.2) is 9.07 Å². The Balaban J connectivity index is 1.28. The van der Waals surface area contributed by atoms with Gasteiger partial charge in [0, 0.05) is 38.5 Å². The van der Waals surface area contributed by atoms with Gasteiger partial charge in [0.05, 0.1) is 60.8 Å². The summed E-state index contributed by atoms with van der Waals surface area (Å²) in [7, 11) is 5.01. The van der Waals surface area contributed by atoms with Crippen LogP contribution in [0.15, 0.2) is 30.6 Å². The largest absolute Gasteiger partial charge is 0.494 e. The molecule has 4 aromatic rings. The first-order valence-electron chi connectivity index (χ1n) is 13.8. The van der Waals surface area contributed by atoms with Crippen LogP contribution in [0.1, 0.15) is 57.6 Å². The predicted octanol–water partition coefficient (Wildman–Crippen LogP) is 1.71. The number of fused-ring (bicyclic) bond motifs is 1. The summed E-state index contributed by atoms with van der Waals surface area (Å²) in [5, 5.41) is 30.3. The Morgan fingerprint density at radius 3 is 2.71 bits per heavy atom. The number of halogens is 1. The van der Waals surface area contributed by atoms with Crippen LogP contribution < -0.4 is 10.1 Å². The van der Waals surface area contributed by atoms with Gasteiger partial charge >= 0.3 is 0 Å². The van der Waals surface area contributed by atoms with Gasteiger partial charge in [-0.2, -0.15) is 10.2 Å². The minimum absolute atomic E-state index is 0.00281. The van der Waals surface area contributed by atoms with Crippen LogP contribution in [0, 0.1) is 12.7 Å². The van der Waals surface area contributed by atoms with Crippen molar-refractivity contribution in [3.8, 4) is 11.4 Å². The van der Waals surface area contributed by atoms with E-state index in [-0.39, 0.29) is 30.5 Å². The second-order valence-electron chi connectivity index (χ2n) is 11.0. The lowest BCUT2D eigenvalue weighted by atomic mass is 10.1. The molecule has 1 aliphatic carbocycles. The van der Waals surface area contributed by atoms with Crippen molar-refractivity contribution in [2.24, 2.45) is 0 Å². The molecule has 6 rings (SSSR count). The molecule has 0 radical (unpaired) electrons. The summed E-state index contributed by atoms with van der Waals surface area (Å²) in [5.41, 5.74) is 3.36. The molecule has 0 spiro atoms. The van der Waals surface area contributed by atoms with E-state index < -0.39 is 17.3 Å². The summed E-state index contributed by atoms with van der Waals surface area (Å²) < 4.78 is 31.4. The van der Waals surface area contributed by atoms with Gasteiger partial charge in [0.15, 0.2) is 11.6 Å². The highest BCUT2D eigenvalue weighted by Crippen LogP contribution is 2.49. The Bertz CT molecular complexity index is 1620. The molecule has 2 aliphatic rings. The van der Waals surface area contributed by atoms with Gasteiger partial charge in [-0.15, -0.1) is 5.10 Å². The van der Waals surface area contributed by atoms with E-state index in [9.17, 15) is 9.90 Å². The number of ether oxygens (including phenoxy) is 2. The van der Waals surface area contributed by atoms with E-state index in [1.165, 1.54) is 17.9 Å². The summed E-state index contributed by atoms with van der Waals surface area (Å²) in [6.07, 6.45) is 4.84. The molecule has 4 heterocycles. The van der Waals surface area contributed by atoms with Crippen LogP contribution in [0.2, 0.25) is 0 Å². The minimum Gasteiger partial charge on any atom is -0.494 e. The van der Waals surface area contributed by atoms with E-state index >= 15 is 4.39 Å². The fraction of sp³-hybridized carbons (Fsp3) is 0.464. The Morgan fingerprint density at radius 1 is 1.24 bits per heavy atom. The number of nitrogens with one attached hydrogen (secondary N) is 1. The molecule has 0 bridgehead atoms. The van der Waals surface area contributed by atoms with Gasteiger partial charge in [-0.1, -0.05) is 5.21 Å². The van der Waals surface area contributed by atoms with Crippen molar-refractivity contribution in [2.75, 3.05) is 34.4 Å². The van der Waals surface area contributed by atoms with E-state index in [0.29, 0.717) is 35.7 Å². The Kier molecular flexibility index (Phi) is 7.29. The van der Waals surface area contributed by atoms with Gasteiger partial charge < -0.3 is 19.9 Å². The molecule has 1 atom stereocenters. The van der Waals surface area contributed by atoms with Crippen molar-refractivity contribution in [2.45, 2.75) is 51.0 Å². The first-order valence-corrected chi connectivity index (χ1v) is 13.8. The zero-order valence-electron chi connectivity index (χ0n) is 24.0. The van der Waals surface area contributed by atoms with Crippen molar-refractivity contribution in [3.63, 3.8) is 0 Å². The van der Waals surface area contributed by atoms with Crippen molar-refractivity contribution in [1.29, 1.82) is 0 Å². The average molecular weight is 580 g/mol. The SMILES string of the molecule is COc1ccc(-n2cc(C)nn2)c(CNC(=O)c2cn(Cc3cc4n(n3)C(CO)CN(C)C4)nc2C2(OC)CC2)c1F. The number of amides is 1. The van der Waals surface area contributed by atoms with Crippen molar-refractivity contribution in [3.05, 3.63) is 70.3 Å². The number of carbonyl (C=O) groups excluding carboxylic acids is 1. The van der Waals surface area contributed by atoms with Gasteiger partial charge in [-0.3, -0.25) is 19.1 Å². The highest BCUT2D eigenvalue weighted by molar-refractivity contribution is 5.95. The summed E-state index contributed by atoms with van der Waals surface area (Å²) >= 11 is 0. The number of aliphatic hydroxyl groups excluding tert-OH is 1. The van der Waals surface area contributed by atoms with Crippen LogP contribution in [-0.4, -0.2) is 84.9 Å². The number of aromatic nitrogens is 7. The van der Waals surface area contributed by atoms with Gasteiger partial charge in [0.25, 0.3) is 5.91 Å². The second kappa shape index (κ2) is 10.9. The predicted molar refractivity (Wildman–Crippen MR) is 148 cm³/mol. The third-order valence-electron chi connectivity index (χ3n) is 7.91. The van der Waals surface area contributed by atoms with E-state index in [4.69, 9.17) is 19.7 Å². The Morgan fingerprint density at radius 2 is 2.05 bits per heavy atom. The maximum atomic E-state index is 15.4. The molecule has 1 aliphatic heterocycles. The molecule has 1 unspecified atom stereocenters. The molecule has 13 nitrogen and oxygen atoms in total. The number of likely N-dealkylation sites (N-methyl/N-ethyl adjacent to an activating group) is 1. The summed E-state index contributed by atoms with van der Waals surface area (Å²) in [4.78, 5) is 15.8. The molecule has 1 amide bonds. The first-order chi connectivity index (χ1) is 20.2. The average Bonchev–Trinajstić information content (AvgIpc) is 3.25. The highest BCUT2D eigenvalue weighted by Gasteiger charge is 2.49. The fourth-order valence-electron chi connectivity index (χ4n) is 5.60. The number of benzene rings is 1. The number of methoxy groups -OCH3 is 2. The van der Waals surface area contributed by atoms with E-state index in [0.717, 1.165) is 30.8 Å². The molecule has 42 heavy (non-hydrogen) atoms. The molecule has 1 fully saturated rings. The molecule has 222 valence electrons. The maximum Gasteiger partial charge on any atom is 0.255 e. The maximum absolute atomic E-state index is 15.4. The van der Waals surface area contributed by atoms with Crippen molar-refractivity contribution >= 4 is 5.91 Å². The standard InChI is InChI=1S/C28H34FN9O4/c1-17-11-37(34-31-17)23-5-6-24(41-3)25(29)21(23)10-30-27(40)22-15-36(33-26(22)28(42-4)7-8-28)12-18-9-19-13-35(2)14-20(16-39)38(19)32-18/h5-6,9,11,15,20,39H,7-8,10,12-14,16H2,1-4H3,(H,30,40). The molecular weight excluding hydrogens is 545 g/mol. The smallest absolute Gasteiger partial charge is 0.255 e. The first kappa shape index (κ1) is 28.0. The quantitative estimate of drug-likeness (QED) is 0.288. The lowest BCUT2D eigenvalue weighted by molar-refractivity contribution is 0.0721. The van der Waals surface area contributed by atoms with Crippen LogP contribution in [0.4, 0.5) is 4.39 Å². The van der Waals surface area contributed by atoms with Gasteiger partial charge in [0.2, 0.25) is 0 Å². The minimum atomic E-state index is -0.638. The topological polar surface area (TPSA) is 137 Å². The number of aliphatic hydroxyl groups is 1. The molecule has 14 heteroatoms. The lowest BCUT2D eigenvalue weighted by Crippen LogP contribution is -2.36. The third kappa shape index (κ3) is 5.05. The van der Waals surface area contributed by atoms with Crippen molar-refractivity contribution in [1.82, 2.24) is 44.8 Å². The van der Waals surface area contributed by atoms with Crippen LogP contribution in [0.3, 0.4) is 0 Å². The molecule has 0 saturated heterocycles. The highest BCUT2D eigenvalue weighted by atomic mass is 19.1. The van der Waals surface area contributed by atoms with Crippen LogP contribution >= 0.6 is 0 Å². The van der Waals surface area contributed by atoms with E-state index in [1.807, 2.05) is 17.8 Å². The van der Waals surface area contributed by atoms with E-state index in [2.05, 4.69) is 20.5 Å². The summed E-state index contributed by atoms with van der Waals surface area (Å²) in [6, 6.07) is 5.07. The fourth-order valence-corrected chi connectivity index (χ4v) is 5.60. The molecular formula is C28H34FN9O4. The number of nitrogens with zero attached hydrogens (tertiary/aromatic N) is 8. The molecule has 2 N–H and O–H groups in total. The zero-order chi connectivity index (χ0) is 29.6. The second-order valence-corrected chi connectivity index (χ2v) is 11.0. The number of hydrogen-bond acceptors (Lipinski definition) is 9. The van der Waals surface area contributed by atoms with Gasteiger partial charge in [0.1, 0.15) is 11.3 Å². The summed E-state index contributed by atoms with van der Waals surface area (Å²) in [5.74, 6) is -0.943. The van der Waals surface area contributed by atoms with Gasteiger partial charge in [-0.05, 0) is 45.0 Å². The van der Waals surface area contributed by atoms with Crippen molar-refractivity contribution < 1.29 is 23.8 Å². The Hall–Kier alpha value is -4.14. The lowest BCUT2D eigenvalue weighted by Gasteiger charge is -2.29. The normalized spacial score (nSPS) is 17.7. The van der Waals surface area contributed by atoms with Crippen LogP contribution in [-0.2, 0) is 30.0 Å². The number of hydrogen-bond donors (Lipinski definition) is 2. The molecule has 3 aromatic heterocycles. The van der Waals surface area contributed by atoms with E-state index in [1.54, 1.807) is 37.2 Å². The molecule has 1 aromatic carbocycles. The van der Waals surface area contributed by atoms with Crippen LogP contribution in [0.5, 0.6) is 5.75 Å². The third-order valence-corrected chi connectivity index (χ3v) is 7.91. The number of carbonyl (C=O) groups is 1. The Labute approximate surface area is 241 Å². The monoisotopic (exact) mass is 579 g/mol. The summed E-state index contributed by atoms with van der Waals surface area (Å²) in [6.45, 7) is 3.44.